The average molecular weight is 389 g/mol. The molecule has 8 heteroatoms. The lowest BCUT2D eigenvalue weighted by atomic mass is 10.0. The van der Waals surface area contributed by atoms with Crippen molar-refractivity contribution in [1.82, 2.24) is 15.1 Å². The number of fused-ring (bicyclic) bond motifs is 1. The van der Waals surface area contributed by atoms with E-state index < -0.39 is 0 Å². The maximum absolute atomic E-state index is 12.6. The van der Waals surface area contributed by atoms with Crippen LogP contribution in [0.4, 0.5) is 10.5 Å². The molecule has 3 aromatic rings. The molecular weight excluding hydrogens is 372 g/mol. The number of anilines is 1. The number of amides is 2. The van der Waals surface area contributed by atoms with Gasteiger partial charge in [-0.3, -0.25) is 5.10 Å². The molecule has 1 aromatic carbocycles. The van der Waals surface area contributed by atoms with Crippen molar-refractivity contribution in [2.75, 3.05) is 11.9 Å². The van der Waals surface area contributed by atoms with Gasteiger partial charge in [-0.1, -0.05) is 17.7 Å². The number of carbonyl (C=O) groups is 1. The first kappa shape index (κ1) is 17.1. The third-order valence-electron chi connectivity index (χ3n) is 4.44. The predicted octanol–water partition coefficient (Wildman–Crippen LogP) is 3.87. The summed E-state index contributed by atoms with van der Waals surface area (Å²) in [4.78, 5) is 15.3. The Morgan fingerprint density at radius 3 is 3.12 bits per heavy atom. The van der Waals surface area contributed by atoms with E-state index >= 15 is 0 Å². The quantitative estimate of drug-likeness (QED) is 0.637. The number of hydrogen-bond acceptors (Lipinski definition) is 4. The Balaban J connectivity index is 1.56. The van der Waals surface area contributed by atoms with Gasteiger partial charge in [0.05, 0.1) is 18.8 Å². The number of H-pyrrole nitrogens is 1. The zero-order valence-corrected chi connectivity index (χ0v) is 15.4. The third-order valence-corrected chi connectivity index (χ3v) is 5.58. The largest absolute Gasteiger partial charge is 0.391 e. The van der Waals surface area contributed by atoms with Gasteiger partial charge in [-0.25, -0.2) is 4.79 Å². The number of nitrogens with one attached hydrogen (secondary N) is 2. The molecule has 0 atom stereocenters. The van der Waals surface area contributed by atoms with Crippen molar-refractivity contribution in [1.29, 1.82) is 0 Å². The minimum absolute atomic E-state index is 0.0202. The van der Waals surface area contributed by atoms with E-state index in [-0.39, 0.29) is 12.6 Å². The SMILES string of the molecule is O=C(Nc1cccc(Cl)c1)N1CCc2[nH]nc(-c3ccsc3CO)c2C1. The van der Waals surface area contributed by atoms with Gasteiger partial charge in [0, 0.05) is 45.4 Å². The van der Waals surface area contributed by atoms with Crippen LogP contribution in [0, 0.1) is 0 Å². The summed E-state index contributed by atoms with van der Waals surface area (Å²) in [6.45, 7) is 1.05. The molecule has 2 amide bonds. The zero-order chi connectivity index (χ0) is 18.1. The summed E-state index contributed by atoms with van der Waals surface area (Å²) in [6.07, 6.45) is 0.712. The number of benzene rings is 1. The molecule has 26 heavy (non-hydrogen) atoms. The molecule has 3 N–H and O–H groups in total. The van der Waals surface area contributed by atoms with Crippen molar-refractivity contribution in [3.8, 4) is 11.3 Å². The number of aromatic amines is 1. The zero-order valence-electron chi connectivity index (χ0n) is 13.8. The molecule has 1 aliphatic heterocycles. The van der Waals surface area contributed by atoms with Crippen LogP contribution in [0.5, 0.6) is 0 Å². The van der Waals surface area contributed by atoms with Crippen LogP contribution in [-0.4, -0.2) is 32.8 Å². The van der Waals surface area contributed by atoms with Gasteiger partial charge >= 0.3 is 6.03 Å². The molecule has 1 aliphatic rings. The number of carbonyl (C=O) groups excluding carboxylic acids is 1. The van der Waals surface area contributed by atoms with Crippen molar-refractivity contribution in [3.63, 3.8) is 0 Å². The Morgan fingerprint density at radius 2 is 2.31 bits per heavy atom. The number of hydrogen-bond donors (Lipinski definition) is 3. The van der Waals surface area contributed by atoms with Gasteiger partial charge in [-0.15, -0.1) is 11.3 Å². The standard InChI is InChI=1S/C18H17ClN4O2S/c19-11-2-1-3-12(8-11)20-18(25)23-6-4-15-14(9-23)17(22-21-15)13-5-7-26-16(13)10-24/h1-3,5,7-8,24H,4,6,9-10H2,(H,20,25)(H,21,22). The average Bonchev–Trinajstić information content (AvgIpc) is 3.27. The normalized spacial score (nSPS) is 13.5. The molecule has 2 aromatic heterocycles. The van der Waals surface area contributed by atoms with Gasteiger partial charge < -0.3 is 15.3 Å². The minimum atomic E-state index is -0.169. The molecular formula is C18H17ClN4O2S. The second kappa shape index (κ2) is 7.11. The van der Waals surface area contributed by atoms with Crippen LogP contribution in [0.3, 0.4) is 0 Å². The predicted molar refractivity (Wildman–Crippen MR) is 102 cm³/mol. The van der Waals surface area contributed by atoms with Crippen LogP contribution >= 0.6 is 22.9 Å². The summed E-state index contributed by atoms with van der Waals surface area (Å²) < 4.78 is 0. The summed E-state index contributed by atoms with van der Waals surface area (Å²) in [5.74, 6) is 0. The van der Waals surface area contributed by atoms with Crippen molar-refractivity contribution < 1.29 is 9.90 Å². The highest BCUT2D eigenvalue weighted by atomic mass is 35.5. The van der Waals surface area contributed by atoms with Crippen molar-refractivity contribution in [2.45, 2.75) is 19.6 Å². The molecule has 4 rings (SSSR count). The Kier molecular flexibility index (Phi) is 4.67. The molecule has 0 aliphatic carbocycles. The molecule has 0 saturated carbocycles. The highest BCUT2D eigenvalue weighted by molar-refractivity contribution is 7.10. The van der Waals surface area contributed by atoms with Crippen LogP contribution in [0.2, 0.25) is 5.02 Å². The number of aromatic nitrogens is 2. The van der Waals surface area contributed by atoms with Crippen LogP contribution < -0.4 is 5.32 Å². The monoisotopic (exact) mass is 388 g/mol. The molecule has 134 valence electrons. The number of rotatable bonds is 3. The molecule has 0 spiro atoms. The maximum atomic E-state index is 12.6. The first-order chi connectivity index (χ1) is 12.7. The van der Waals surface area contributed by atoms with E-state index in [1.807, 2.05) is 11.4 Å². The van der Waals surface area contributed by atoms with Crippen LogP contribution in [0.25, 0.3) is 11.3 Å². The fraction of sp³-hybridized carbons (Fsp3) is 0.222. The van der Waals surface area contributed by atoms with Gasteiger partial charge in [0.25, 0.3) is 0 Å². The number of nitrogens with zero attached hydrogens (tertiary/aromatic N) is 2. The molecule has 0 unspecified atom stereocenters. The summed E-state index contributed by atoms with van der Waals surface area (Å²) in [5, 5.41) is 22.4. The number of thiophene rings is 1. The highest BCUT2D eigenvalue weighted by Crippen LogP contribution is 2.33. The second-order valence-corrected chi connectivity index (χ2v) is 7.49. The summed E-state index contributed by atoms with van der Waals surface area (Å²) in [6, 6.07) is 8.88. The number of aliphatic hydroxyl groups is 1. The van der Waals surface area contributed by atoms with Crippen LogP contribution in [-0.2, 0) is 19.6 Å². The maximum Gasteiger partial charge on any atom is 0.322 e. The van der Waals surface area contributed by atoms with Gasteiger partial charge in [-0.2, -0.15) is 5.10 Å². The second-order valence-electron chi connectivity index (χ2n) is 6.06. The number of urea groups is 1. The summed E-state index contributed by atoms with van der Waals surface area (Å²) >= 11 is 7.48. The highest BCUT2D eigenvalue weighted by Gasteiger charge is 2.26. The van der Waals surface area contributed by atoms with Crippen molar-refractivity contribution in [2.24, 2.45) is 0 Å². The van der Waals surface area contributed by atoms with E-state index in [9.17, 15) is 9.90 Å². The Bertz CT molecular complexity index is 952. The number of aliphatic hydroxyl groups excluding tert-OH is 1. The lowest BCUT2D eigenvalue weighted by molar-refractivity contribution is 0.206. The van der Waals surface area contributed by atoms with Crippen LogP contribution in [0.1, 0.15) is 16.1 Å². The van der Waals surface area contributed by atoms with E-state index in [2.05, 4.69) is 15.5 Å². The molecule has 3 heterocycles. The lowest BCUT2D eigenvalue weighted by Crippen LogP contribution is -2.38. The van der Waals surface area contributed by atoms with E-state index in [1.165, 1.54) is 11.3 Å². The van der Waals surface area contributed by atoms with Crippen molar-refractivity contribution in [3.05, 3.63) is 56.9 Å². The molecule has 6 nitrogen and oxygen atoms in total. The summed E-state index contributed by atoms with van der Waals surface area (Å²) in [5.41, 5.74) is 4.45. The fourth-order valence-electron chi connectivity index (χ4n) is 3.13. The van der Waals surface area contributed by atoms with Crippen LogP contribution in [0.15, 0.2) is 35.7 Å². The molecule has 0 radical (unpaired) electrons. The fourth-order valence-corrected chi connectivity index (χ4v) is 4.06. The van der Waals surface area contributed by atoms with E-state index in [0.717, 1.165) is 27.4 Å². The van der Waals surface area contributed by atoms with Gasteiger partial charge in [-0.05, 0) is 29.6 Å². The third kappa shape index (κ3) is 3.21. The molecule has 0 fully saturated rings. The lowest BCUT2D eigenvalue weighted by Gasteiger charge is -2.27. The Labute approximate surface area is 159 Å². The Hall–Kier alpha value is -2.35. The minimum Gasteiger partial charge on any atom is -0.391 e. The topological polar surface area (TPSA) is 81.2 Å². The molecule has 0 saturated heterocycles. The Morgan fingerprint density at radius 1 is 1.42 bits per heavy atom. The first-order valence-corrected chi connectivity index (χ1v) is 9.46. The van der Waals surface area contributed by atoms with E-state index in [4.69, 9.17) is 11.6 Å². The van der Waals surface area contributed by atoms with E-state index in [1.54, 1.807) is 29.2 Å². The van der Waals surface area contributed by atoms with Gasteiger partial charge in [0.15, 0.2) is 0 Å². The van der Waals surface area contributed by atoms with Gasteiger partial charge in [0.2, 0.25) is 0 Å². The van der Waals surface area contributed by atoms with Gasteiger partial charge in [0.1, 0.15) is 0 Å². The first-order valence-electron chi connectivity index (χ1n) is 8.21. The number of halogens is 1. The summed E-state index contributed by atoms with van der Waals surface area (Å²) in [7, 11) is 0. The van der Waals surface area contributed by atoms with Crippen molar-refractivity contribution >= 4 is 34.7 Å². The molecule has 0 bridgehead atoms. The smallest absolute Gasteiger partial charge is 0.322 e. The van der Waals surface area contributed by atoms with E-state index in [0.29, 0.717) is 30.2 Å².